The molecule has 4 saturated heterocycles. The average molecular weight is 768 g/mol. The number of phenolic OH excluding ortho intramolecular Hbond substituents is 1. The third-order valence-corrected chi connectivity index (χ3v) is 13.3. The van der Waals surface area contributed by atoms with E-state index in [1.54, 1.807) is 23.1 Å². The number of nitrogens with zero attached hydrogens (tertiary/aromatic N) is 7. The molecule has 56 heavy (non-hydrogen) atoms. The smallest absolute Gasteiger partial charge is 0.269 e. The fourth-order valence-electron chi connectivity index (χ4n) is 10.2. The van der Waals surface area contributed by atoms with Crippen molar-refractivity contribution in [3.05, 3.63) is 59.7 Å². The van der Waals surface area contributed by atoms with E-state index in [4.69, 9.17) is 0 Å². The maximum absolute atomic E-state index is 15.8. The van der Waals surface area contributed by atoms with Gasteiger partial charge in [-0.05, 0) is 67.0 Å². The Bertz CT molecular complexity index is 2140. The number of imide groups is 2. The van der Waals surface area contributed by atoms with Gasteiger partial charge < -0.3 is 25.1 Å². The number of aromatic hydroxyl groups is 1. The molecular formula is C40H43F2N9O5. The first-order chi connectivity index (χ1) is 27.0. The van der Waals surface area contributed by atoms with Gasteiger partial charge in [-0.25, -0.2) is 8.78 Å². The van der Waals surface area contributed by atoms with E-state index in [-0.39, 0.29) is 35.8 Å². The minimum atomic E-state index is -2.94. The largest absolute Gasteiger partial charge is 0.507 e. The molecule has 1 aliphatic carbocycles. The molecule has 6 atom stereocenters. The molecule has 1 aromatic heterocycles. The van der Waals surface area contributed by atoms with Crippen LogP contribution in [0.25, 0.3) is 11.3 Å². The van der Waals surface area contributed by atoms with Crippen LogP contribution < -0.4 is 20.4 Å². The van der Waals surface area contributed by atoms with Gasteiger partial charge in [0, 0.05) is 82.5 Å². The van der Waals surface area contributed by atoms with Gasteiger partial charge in [0.15, 0.2) is 5.82 Å². The van der Waals surface area contributed by atoms with Gasteiger partial charge in [0.2, 0.25) is 11.8 Å². The molecule has 0 radical (unpaired) electrons. The molecule has 0 spiro atoms. The lowest BCUT2D eigenvalue weighted by atomic mass is 9.91. The Morgan fingerprint density at radius 3 is 2.43 bits per heavy atom. The number of rotatable bonds is 7. The van der Waals surface area contributed by atoms with Crippen LogP contribution in [-0.2, 0) is 9.59 Å². The molecule has 6 aliphatic heterocycles. The van der Waals surface area contributed by atoms with Crippen LogP contribution in [0.4, 0.5) is 26.0 Å². The quantitative estimate of drug-likeness (QED) is 0.303. The first kappa shape index (κ1) is 35.2. The van der Waals surface area contributed by atoms with Crippen LogP contribution in [0.15, 0.2) is 48.5 Å². The van der Waals surface area contributed by atoms with E-state index in [0.29, 0.717) is 54.2 Å². The lowest BCUT2D eigenvalue weighted by Gasteiger charge is -2.46. The second-order valence-electron chi connectivity index (χ2n) is 16.5. The number of nitrogens with one attached hydrogen (secondary N) is 2. The second kappa shape index (κ2) is 13.2. The number of amides is 4. The zero-order valence-corrected chi connectivity index (χ0v) is 30.7. The molecule has 0 bridgehead atoms. The zero-order chi connectivity index (χ0) is 38.5. The first-order valence-corrected chi connectivity index (χ1v) is 19.6. The standard InChI is InChI=1S/C40H43F2N9O5/c41-40(42)21-49(23-5-6-25-27(13-23)39(56)51(38(25)55)32-7-8-35(53)44-37(32)54)10-9-22(40)16-48-19-29-28(30(29)20-48)18-47-11-12-50-24(17-47)15-43-36-33(50)14-31(45-46-36)26-3-1-2-4-34(26)52/h1-6,13-14,22,24,28-30,32,52H,7-12,15-21H2,(H,43,46)(H,44,53,54)/t22?,24-,28?,29-,30+,32?/m0/s1. The number of halogens is 2. The van der Waals surface area contributed by atoms with Gasteiger partial charge in [-0.2, -0.15) is 0 Å². The summed E-state index contributed by atoms with van der Waals surface area (Å²) < 4.78 is 31.6. The van der Waals surface area contributed by atoms with Crippen molar-refractivity contribution in [2.24, 2.45) is 23.7 Å². The van der Waals surface area contributed by atoms with Crippen LogP contribution in [0.2, 0.25) is 0 Å². The highest BCUT2D eigenvalue weighted by atomic mass is 19.3. The fourth-order valence-corrected chi connectivity index (χ4v) is 10.2. The van der Waals surface area contributed by atoms with Gasteiger partial charge >= 0.3 is 0 Å². The molecule has 292 valence electrons. The van der Waals surface area contributed by atoms with Crippen LogP contribution in [0.3, 0.4) is 0 Å². The van der Waals surface area contributed by atoms with Crippen molar-refractivity contribution in [2.45, 2.75) is 37.3 Å². The van der Waals surface area contributed by atoms with E-state index in [2.05, 4.69) is 35.5 Å². The normalized spacial score (nSPS) is 29.7. The number of piperidine rings is 3. The predicted octanol–water partition coefficient (Wildman–Crippen LogP) is 2.51. The van der Waals surface area contributed by atoms with Crippen LogP contribution in [0.5, 0.6) is 5.75 Å². The number of likely N-dealkylation sites (tertiary alicyclic amines) is 1. The van der Waals surface area contributed by atoms with Gasteiger partial charge in [-0.15, -0.1) is 10.2 Å². The van der Waals surface area contributed by atoms with E-state index < -0.39 is 48.1 Å². The molecule has 3 unspecified atom stereocenters. The number of hydrogen-bond acceptors (Lipinski definition) is 12. The Morgan fingerprint density at radius 2 is 1.64 bits per heavy atom. The molecule has 5 fully saturated rings. The van der Waals surface area contributed by atoms with Crippen molar-refractivity contribution < 1.29 is 33.1 Å². The van der Waals surface area contributed by atoms with Gasteiger partial charge in [0.05, 0.1) is 35.1 Å². The Hall–Kier alpha value is -5.22. The molecule has 1 saturated carbocycles. The number of benzene rings is 2. The van der Waals surface area contributed by atoms with Gasteiger partial charge in [-0.1, -0.05) is 12.1 Å². The Morgan fingerprint density at radius 1 is 0.839 bits per heavy atom. The summed E-state index contributed by atoms with van der Waals surface area (Å²) in [5.41, 5.74) is 2.97. The summed E-state index contributed by atoms with van der Waals surface area (Å²) in [7, 11) is 0. The van der Waals surface area contributed by atoms with Crippen molar-refractivity contribution in [3.8, 4) is 17.0 Å². The highest BCUT2D eigenvalue weighted by molar-refractivity contribution is 6.23. The summed E-state index contributed by atoms with van der Waals surface area (Å²) in [5.74, 6) is -3.53. The third-order valence-electron chi connectivity index (χ3n) is 13.3. The number of fused-ring (bicyclic) bond motifs is 5. The molecule has 14 nitrogen and oxygen atoms in total. The number of para-hydroxylation sites is 1. The number of hydrogen-bond donors (Lipinski definition) is 3. The van der Waals surface area contributed by atoms with Gasteiger partial charge in [0.25, 0.3) is 17.7 Å². The number of phenols is 1. The summed E-state index contributed by atoms with van der Waals surface area (Å²) in [4.78, 5) is 60.1. The minimum Gasteiger partial charge on any atom is -0.507 e. The lowest BCUT2D eigenvalue weighted by Crippen LogP contribution is -2.58. The first-order valence-electron chi connectivity index (χ1n) is 19.6. The lowest BCUT2D eigenvalue weighted by molar-refractivity contribution is -0.136. The van der Waals surface area contributed by atoms with Crippen molar-refractivity contribution in [2.75, 3.05) is 80.6 Å². The topological polar surface area (TPSA) is 155 Å². The number of piperazine rings is 1. The SMILES string of the molecule is O=C1CCC(N2C(=O)c3ccc(N4CCC(CN5C[C@@H]6C(CN7CCN8c9cc(-c%10ccccc%10O)nnc9NC[C@H]8C7)[C@@H]6C5)C(F)(F)C4)cc3C2=O)C(=O)N1. The van der Waals surface area contributed by atoms with Crippen LogP contribution in [0, 0.1) is 23.7 Å². The maximum Gasteiger partial charge on any atom is 0.269 e. The molecule has 3 aromatic rings. The highest BCUT2D eigenvalue weighted by Crippen LogP contribution is 2.53. The molecule has 2 aromatic carbocycles. The molecule has 7 heterocycles. The van der Waals surface area contributed by atoms with Crippen molar-refractivity contribution in [3.63, 3.8) is 0 Å². The summed E-state index contributed by atoms with van der Waals surface area (Å²) in [6, 6.07) is 12.9. The third kappa shape index (κ3) is 5.95. The van der Waals surface area contributed by atoms with Crippen molar-refractivity contribution in [1.29, 1.82) is 0 Å². The summed E-state index contributed by atoms with van der Waals surface area (Å²) in [5, 5.41) is 24.8. The summed E-state index contributed by atoms with van der Waals surface area (Å²) in [6.45, 7) is 6.51. The number of carbonyl (C=O) groups excluding carboxylic acids is 4. The fraction of sp³-hybridized carbons (Fsp3) is 0.500. The number of alkyl halides is 2. The predicted molar refractivity (Wildman–Crippen MR) is 200 cm³/mol. The summed E-state index contributed by atoms with van der Waals surface area (Å²) >= 11 is 0. The summed E-state index contributed by atoms with van der Waals surface area (Å²) in [6.07, 6.45) is 0.374. The minimum absolute atomic E-state index is 0.0210. The number of anilines is 3. The van der Waals surface area contributed by atoms with E-state index in [9.17, 15) is 24.3 Å². The van der Waals surface area contributed by atoms with E-state index in [1.165, 1.54) is 12.1 Å². The van der Waals surface area contributed by atoms with Crippen molar-refractivity contribution in [1.82, 2.24) is 30.2 Å². The molecule has 7 aliphatic rings. The molecule has 4 amide bonds. The van der Waals surface area contributed by atoms with Crippen LogP contribution in [0.1, 0.15) is 40.0 Å². The van der Waals surface area contributed by atoms with Gasteiger partial charge in [0.1, 0.15) is 11.8 Å². The van der Waals surface area contributed by atoms with Gasteiger partial charge in [-0.3, -0.25) is 34.3 Å². The Labute approximate surface area is 321 Å². The van der Waals surface area contributed by atoms with Crippen LogP contribution >= 0.6 is 0 Å². The van der Waals surface area contributed by atoms with E-state index in [0.717, 1.165) is 62.2 Å². The van der Waals surface area contributed by atoms with E-state index >= 15 is 8.78 Å². The monoisotopic (exact) mass is 767 g/mol. The van der Waals surface area contributed by atoms with Crippen molar-refractivity contribution >= 4 is 40.8 Å². The number of aromatic nitrogens is 2. The highest BCUT2D eigenvalue weighted by Gasteiger charge is 2.57. The molecular weight excluding hydrogens is 724 g/mol. The Balaban J connectivity index is 0.715. The number of carbonyl (C=O) groups is 4. The average Bonchev–Trinajstić information content (AvgIpc) is 3.49. The molecule has 10 rings (SSSR count). The van der Waals surface area contributed by atoms with Crippen LogP contribution in [-0.4, -0.2) is 137 Å². The Kier molecular flexibility index (Phi) is 8.29. The van der Waals surface area contributed by atoms with E-state index in [1.807, 2.05) is 18.2 Å². The zero-order valence-electron chi connectivity index (χ0n) is 30.7. The maximum atomic E-state index is 15.8. The molecule has 16 heteroatoms. The molecule has 3 N–H and O–H groups in total. The second-order valence-corrected chi connectivity index (χ2v) is 16.5.